The summed E-state index contributed by atoms with van der Waals surface area (Å²) in [5, 5.41) is 5.68. The number of hydrogen-bond acceptors (Lipinski definition) is 4. The molecule has 7 heteroatoms. The van der Waals surface area contributed by atoms with E-state index in [1.807, 2.05) is 43.3 Å². The molecule has 3 aromatic heterocycles. The molecule has 0 saturated heterocycles. The molecule has 0 aliphatic heterocycles. The van der Waals surface area contributed by atoms with Crippen LogP contribution in [0.2, 0.25) is 0 Å². The van der Waals surface area contributed by atoms with Crippen LogP contribution in [0.15, 0.2) is 59.3 Å². The lowest BCUT2D eigenvalue weighted by atomic mass is 10.2. The number of benzene rings is 2. The second kappa shape index (κ2) is 7.25. The van der Waals surface area contributed by atoms with Crippen LogP contribution in [0.1, 0.15) is 18.2 Å². The molecular formula is C23H20BrN5O. The first kappa shape index (κ1) is 18.8. The number of aryl methyl sites for hydroxylation is 1. The maximum atomic E-state index is 5.58. The Balaban J connectivity index is 1.72. The Morgan fingerprint density at radius 3 is 2.50 bits per heavy atom. The van der Waals surface area contributed by atoms with Crippen molar-refractivity contribution in [1.29, 1.82) is 0 Å². The number of hydrogen-bond donors (Lipinski definition) is 0. The van der Waals surface area contributed by atoms with Crippen LogP contribution in [0.25, 0.3) is 33.8 Å². The Kier molecular flexibility index (Phi) is 4.55. The van der Waals surface area contributed by atoms with Crippen molar-refractivity contribution in [2.45, 2.75) is 20.8 Å². The fourth-order valence-corrected chi connectivity index (χ4v) is 4.25. The van der Waals surface area contributed by atoms with Crippen molar-refractivity contribution < 1.29 is 4.74 Å². The number of fused-ring (bicyclic) bond motifs is 3. The van der Waals surface area contributed by atoms with E-state index >= 15 is 0 Å². The van der Waals surface area contributed by atoms with Gasteiger partial charge in [-0.25, -0.2) is 14.5 Å². The normalized spacial score (nSPS) is 11.5. The molecule has 0 atom stereocenters. The van der Waals surface area contributed by atoms with Crippen molar-refractivity contribution in [3.63, 3.8) is 0 Å². The highest BCUT2D eigenvalue weighted by atomic mass is 79.9. The SMILES string of the molecule is CCOc1ccc(-n2c(C)c(C)c3c2ncn2nc(-c4ccccc4Br)nc32)cc1. The maximum Gasteiger partial charge on any atom is 0.183 e. The Labute approximate surface area is 182 Å². The molecule has 30 heavy (non-hydrogen) atoms. The van der Waals surface area contributed by atoms with Crippen molar-refractivity contribution >= 4 is 32.6 Å². The summed E-state index contributed by atoms with van der Waals surface area (Å²) < 4.78 is 10.5. The van der Waals surface area contributed by atoms with Crippen LogP contribution >= 0.6 is 15.9 Å². The molecule has 0 fully saturated rings. The first-order valence-electron chi connectivity index (χ1n) is 9.79. The fourth-order valence-electron chi connectivity index (χ4n) is 3.79. The van der Waals surface area contributed by atoms with Gasteiger partial charge in [0.05, 0.1) is 12.0 Å². The van der Waals surface area contributed by atoms with Crippen LogP contribution in [0.4, 0.5) is 0 Å². The van der Waals surface area contributed by atoms with Gasteiger partial charge < -0.3 is 4.74 Å². The Morgan fingerprint density at radius 1 is 1.00 bits per heavy atom. The number of ether oxygens (including phenoxy) is 1. The summed E-state index contributed by atoms with van der Waals surface area (Å²) >= 11 is 3.60. The minimum Gasteiger partial charge on any atom is -0.494 e. The summed E-state index contributed by atoms with van der Waals surface area (Å²) in [5.41, 5.74) is 5.93. The number of halogens is 1. The van der Waals surface area contributed by atoms with Gasteiger partial charge in [0.2, 0.25) is 0 Å². The van der Waals surface area contributed by atoms with Crippen LogP contribution in [0.3, 0.4) is 0 Å². The van der Waals surface area contributed by atoms with Gasteiger partial charge in [-0.3, -0.25) is 4.57 Å². The smallest absolute Gasteiger partial charge is 0.183 e. The highest BCUT2D eigenvalue weighted by Crippen LogP contribution is 2.32. The summed E-state index contributed by atoms with van der Waals surface area (Å²) in [6.45, 7) is 6.85. The predicted molar refractivity (Wildman–Crippen MR) is 121 cm³/mol. The molecule has 150 valence electrons. The van der Waals surface area contributed by atoms with Gasteiger partial charge in [0, 0.05) is 21.4 Å². The molecule has 3 heterocycles. The molecule has 5 aromatic rings. The van der Waals surface area contributed by atoms with E-state index in [1.54, 1.807) is 10.8 Å². The van der Waals surface area contributed by atoms with Gasteiger partial charge in [0.25, 0.3) is 0 Å². The van der Waals surface area contributed by atoms with Gasteiger partial charge in [-0.15, -0.1) is 5.10 Å². The Morgan fingerprint density at radius 2 is 1.77 bits per heavy atom. The van der Waals surface area contributed by atoms with Crippen LogP contribution < -0.4 is 4.74 Å². The lowest BCUT2D eigenvalue weighted by Gasteiger charge is -2.09. The van der Waals surface area contributed by atoms with Crippen LogP contribution in [0.5, 0.6) is 5.75 Å². The van der Waals surface area contributed by atoms with Gasteiger partial charge >= 0.3 is 0 Å². The van der Waals surface area contributed by atoms with E-state index in [9.17, 15) is 0 Å². The average Bonchev–Trinajstić information content (AvgIpc) is 3.29. The molecular weight excluding hydrogens is 442 g/mol. The van der Waals surface area contributed by atoms with Crippen molar-refractivity contribution in [2.75, 3.05) is 6.61 Å². The van der Waals surface area contributed by atoms with E-state index in [2.05, 4.69) is 51.6 Å². The Bertz CT molecular complexity index is 1380. The number of aromatic nitrogens is 5. The van der Waals surface area contributed by atoms with Crippen LogP contribution in [-0.2, 0) is 0 Å². The zero-order chi connectivity index (χ0) is 20.8. The zero-order valence-electron chi connectivity index (χ0n) is 16.9. The number of nitrogens with zero attached hydrogens (tertiary/aromatic N) is 5. The van der Waals surface area contributed by atoms with E-state index in [4.69, 9.17) is 14.7 Å². The van der Waals surface area contributed by atoms with Crippen molar-refractivity contribution in [1.82, 2.24) is 24.1 Å². The largest absolute Gasteiger partial charge is 0.494 e. The molecule has 0 aliphatic carbocycles. The summed E-state index contributed by atoms with van der Waals surface area (Å²) in [6.07, 6.45) is 1.73. The third-order valence-corrected chi connectivity index (χ3v) is 6.04. The molecule has 5 rings (SSSR count). The highest BCUT2D eigenvalue weighted by molar-refractivity contribution is 9.10. The monoisotopic (exact) mass is 461 g/mol. The average molecular weight is 462 g/mol. The maximum absolute atomic E-state index is 5.58. The number of rotatable bonds is 4. The van der Waals surface area contributed by atoms with E-state index < -0.39 is 0 Å². The lowest BCUT2D eigenvalue weighted by molar-refractivity contribution is 0.340. The van der Waals surface area contributed by atoms with Gasteiger partial charge in [-0.05, 0) is 62.7 Å². The fraction of sp³-hybridized carbons (Fsp3) is 0.174. The summed E-state index contributed by atoms with van der Waals surface area (Å²) in [4.78, 5) is 9.60. The minimum atomic E-state index is 0.649. The molecule has 0 aliphatic rings. The van der Waals surface area contributed by atoms with E-state index in [1.165, 1.54) is 0 Å². The molecule has 0 radical (unpaired) electrons. The second-order valence-corrected chi connectivity index (χ2v) is 7.95. The third kappa shape index (κ3) is 2.89. The first-order chi connectivity index (χ1) is 14.6. The van der Waals surface area contributed by atoms with Gasteiger partial charge in [0.1, 0.15) is 12.1 Å². The molecule has 2 aromatic carbocycles. The van der Waals surface area contributed by atoms with Gasteiger partial charge in [-0.2, -0.15) is 0 Å². The Hall–Kier alpha value is -3.19. The van der Waals surface area contributed by atoms with Gasteiger partial charge in [-0.1, -0.05) is 28.1 Å². The second-order valence-electron chi connectivity index (χ2n) is 7.10. The van der Waals surface area contributed by atoms with Crippen LogP contribution in [0, 0.1) is 13.8 Å². The highest BCUT2D eigenvalue weighted by Gasteiger charge is 2.19. The van der Waals surface area contributed by atoms with Crippen molar-refractivity contribution in [2.24, 2.45) is 0 Å². The molecule has 0 amide bonds. The van der Waals surface area contributed by atoms with Gasteiger partial charge in [0.15, 0.2) is 17.1 Å². The molecule has 0 spiro atoms. The zero-order valence-corrected chi connectivity index (χ0v) is 18.5. The summed E-state index contributed by atoms with van der Waals surface area (Å²) in [6, 6.07) is 16.0. The van der Waals surface area contributed by atoms with Crippen LogP contribution in [-0.4, -0.2) is 30.8 Å². The molecule has 6 nitrogen and oxygen atoms in total. The molecule has 0 bridgehead atoms. The predicted octanol–water partition coefficient (Wildman–Crippen LogP) is 5.51. The topological polar surface area (TPSA) is 57.2 Å². The van der Waals surface area contributed by atoms with Crippen molar-refractivity contribution in [3.8, 4) is 22.8 Å². The standard InChI is InChI=1S/C23H20BrN5O/c1-4-30-17-11-9-16(10-12-17)29-15(3)14(2)20-22(29)25-13-28-23(20)26-21(27-28)18-7-5-6-8-19(18)24/h5-13H,4H2,1-3H3. The van der Waals surface area contributed by atoms with E-state index in [0.717, 1.165) is 49.4 Å². The van der Waals surface area contributed by atoms with E-state index in [-0.39, 0.29) is 0 Å². The summed E-state index contributed by atoms with van der Waals surface area (Å²) in [7, 11) is 0. The summed E-state index contributed by atoms with van der Waals surface area (Å²) in [5.74, 6) is 1.53. The van der Waals surface area contributed by atoms with E-state index in [0.29, 0.717) is 12.4 Å². The lowest BCUT2D eigenvalue weighted by Crippen LogP contribution is -1.99. The third-order valence-electron chi connectivity index (χ3n) is 5.35. The molecule has 0 N–H and O–H groups in total. The molecule has 0 saturated carbocycles. The van der Waals surface area contributed by atoms with Crippen molar-refractivity contribution in [3.05, 3.63) is 70.6 Å². The first-order valence-corrected chi connectivity index (χ1v) is 10.6. The quantitative estimate of drug-likeness (QED) is 0.353. The minimum absolute atomic E-state index is 0.649. The molecule has 0 unspecified atom stereocenters.